The van der Waals surface area contributed by atoms with Crippen LogP contribution in [0.15, 0.2) is 79.0 Å². The van der Waals surface area contributed by atoms with Crippen LogP contribution in [0.2, 0.25) is 10.0 Å². The lowest BCUT2D eigenvalue weighted by molar-refractivity contribution is 0.0639. The molecule has 1 aromatic heterocycles. The van der Waals surface area contributed by atoms with Crippen molar-refractivity contribution in [2.45, 2.75) is 25.4 Å². The maximum atomic E-state index is 13.6. The molecule has 0 unspecified atom stereocenters. The van der Waals surface area contributed by atoms with Crippen LogP contribution in [0.4, 0.5) is 14.5 Å². The van der Waals surface area contributed by atoms with Crippen LogP contribution in [0.3, 0.4) is 0 Å². The largest absolute Gasteiger partial charge is 0.439 e. The van der Waals surface area contributed by atoms with Gasteiger partial charge in [-0.1, -0.05) is 29.3 Å². The number of nitrogens with zero attached hydrogens (tertiary/aromatic N) is 3. The Morgan fingerprint density at radius 2 is 1.65 bits per heavy atom. The van der Waals surface area contributed by atoms with Gasteiger partial charge in [-0.3, -0.25) is 14.5 Å². The lowest BCUT2D eigenvalue weighted by Crippen LogP contribution is -2.45. The van der Waals surface area contributed by atoms with Gasteiger partial charge in [-0.2, -0.15) is 0 Å². The fraction of sp³-hybridized carbons (Fsp3) is 0.219. The molecule has 1 saturated heterocycles. The van der Waals surface area contributed by atoms with E-state index in [-0.39, 0.29) is 22.9 Å². The summed E-state index contributed by atoms with van der Waals surface area (Å²) in [5, 5.41) is 3.39. The number of nitrogens with one attached hydrogen (secondary N) is 1. The van der Waals surface area contributed by atoms with E-state index in [1.807, 2.05) is 11.9 Å². The number of ether oxygens (including phenoxy) is 1. The fourth-order valence-electron chi connectivity index (χ4n) is 4.89. The van der Waals surface area contributed by atoms with E-state index in [0.29, 0.717) is 58.7 Å². The summed E-state index contributed by atoms with van der Waals surface area (Å²) in [6.45, 7) is 1.70. The van der Waals surface area contributed by atoms with Gasteiger partial charge in [0.25, 0.3) is 11.8 Å². The Bertz CT molecular complexity index is 1610. The molecule has 0 radical (unpaired) electrons. The number of benzene rings is 3. The third-order valence-electron chi connectivity index (χ3n) is 7.29. The second-order valence-corrected chi connectivity index (χ2v) is 11.1. The molecule has 5 rings (SSSR count). The number of carbonyl (C=O) groups excluding carboxylic acids is 2. The Morgan fingerprint density at radius 3 is 2.30 bits per heavy atom. The number of anilines is 1. The minimum absolute atomic E-state index is 0.0616. The molecule has 11 heteroatoms. The van der Waals surface area contributed by atoms with Crippen molar-refractivity contribution < 1.29 is 23.1 Å². The van der Waals surface area contributed by atoms with E-state index >= 15 is 0 Å². The molecular weight excluding hydrogens is 597 g/mol. The molecule has 0 spiro atoms. The first-order valence-corrected chi connectivity index (χ1v) is 14.4. The van der Waals surface area contributed by atoms with Crippen LogP contribution in [-0.2, 0) is 6.54 Å². The van der Waals surface area contributed by atoms with Gasteiger partial charge in [0.15, 0.2) is 11.6 Å². The molecule has 3 aromatic carbocycles. The summed E-state index contributed by atoms with van der Waals surface area (Å²) in [5.41, 5.74) is 2.10. The minimum atomic E-state index is -0.854. The molecule has 222 valence electrons. The number of pyridine rings is 1. The zero-order valence-corrected chi connectivity index (χ0v) is 24.7. The van der Waals surface area contributed by atoms with E-state index in [1.54, 1.807) is 54.6 Å². The summed E-state index contributed by atoms with van der Waals surface area (Å²) in [4.78, 5) is 33.7. The molecule has 1 fully saturated rings. The summed E-state index contributed by atoms with van der Waals surface area (Å²) in [5.74, 6) is -1.29. The van der Waals surface area contributed by atoms with Gasteiger partial charge in [-0.25, -0.2) is 13.8 Å². The highest BCUT2D eigenvalue weighted by molar-refractivity contribution is 6.42. The third kappa shape index (κ3) is 7.67. The van der Waals surface area contributed by atoms with E-state index in [9.17, 15) is 18.4 Å². The van der Waals surface area contributed by atoms with Gasteiger partial charge in [0, 0.05) is 42.9 Å². The molecule has 7 nitrogen and oxygen atoms in total. The van der Waals surface area contributed by atoms with Crippen LogP contribution in [0, 0.1) is 11.6 Å². The Balaban J connectivity index is 1.10. The van der Waals surface area contributed by atoms with Crippen LogP contribution in [0.25, 0.3) is 0 Å². The lowest BCUT2D eigenvalue weighted by atomic mass is 10.0. The van der Waals surface area contributed by atoms with E-state index in [0.717, 1.165) is 18.9 Å². The Labute approximate surface area is 258 Å². The second-order valence-electron chi connectivity index (χ2n) is 10.3. The topological polar surface area (TPSA) is 74.8 Å². The first-order valence-electron chi connectivity index (χ1n) is 13.6. The number of halogens is 4. The predicted octanol–water partition coefficient (Wildman–Crippen LogP) is 7.45. The maximum absolute atomic E-state index is 13.6. The van der Waals surface area contributed by atoms with Gasteiger partial charge in [0.2, 0.25) is 5.88 Å². The molecule has 2 amide bonds. The van der Waals surface area contributed by atoms with E-state index in [4.69, 9.17) is 27.9 Å². The van der Waals surface area contributed by atoms with Gasteiger partial charge >= 0.3 is 0 Å². The molecule has 1 N–H and O–H groups in total. The van der Waals surface area contributed by atoms with Crippen molar-refractivity contribution in [1.82, 2.24) is 14.8 Å². The van der Waals surface area contributed by atoms with E-state index in [2.05, 4.69) is 15.2 Å². The molecule has 1 aliphatic rings. The number of rotatable bonds is 8. The molecule has 2 heterocycles. The van der Waals surface area contributed by atoms with Crippen molar-refractivity contribution in [2.75, 3.05) is 25.5 Å². The summed E-state index contributed by atoms with van der Waals surface area (Å²) < 4.78 is 32.6. The standard InChI is InChI=1S/C32H28Cl2F2N4O3/c1-39(19-20-2-10-28(35)29(36)16-20)24-12-14-40(15-13-24)32(42)21-3-7-25(8-4-21)43-30-11-6-23(18-37-30)38-31(41)22-5-9-26(33)27(34)17-22/h2-11,16-18,24H,12-15,19H2,1H3,(H,38,41). The number of likely N-dealkylation sites (tertiary alicyclic amines) is 1. The van der Waals surface area contributed by atoms with Crippen molar-refractivity contribution >= 4 is 40.7 Å². The first-order chi connectivity index (χ1) is 20.7. The minimum Gasteiger partial charge on any atom is -0.439 e. The summed E-state index contributed by atoms with van der Waals surface area (Å²) in [6, 6.07) is 18.9. The Hall–Kier alpha value is -4.05. The molecule has 4 aromatic rings. The van der Waals surface area contributed by atoms with Gasteiger partial charge in [-0.05, 0) is 86.1 Å². The SMILES string of the molecule is CN(Cc1ccc(F)c(F)c1)C1CCN(C(=O)c2ccc(Oc3ccc(NC(=O)c4ccc(Cl)c(Cl)c4)cn3)cc2)CC1. The van der Waals surface area contributed by atoms with Gasteiger partial charge < -0.3 is 15.0 Å². The predicted molar refractivity (Wildman–Crippen MR) is 162 cm³/mol. The number of hydrogen-bond acceptors (Lipinski definition) is 5. The molecule has 1 aliphatic heterocycles. The highest BCUT2D eigenvalue weighted by atomic mass is 35.5. The first kappa shape index (κ1) is 30.4. The molecule has 0 aliphatic carbocycles. The average molecular weight is 626 g/mol. The number of aromatic nitrogens is 1. The van der Waals surface area contributed by atoms with Crippen LogP contribution < -0.4 is 10.1 Å². The zero-order valence-electron chi connectivity index (χ0n) is 23.2. The smallest absolute Gasteiger partial charge is 0.255 e. The molecule has 0 saturated carbocycles. The van der Waals surface area contributed by atoms with Crippen LogP contribution >= 0.6 is 23.2 Å². The fourth-order valence-corrected chi connectivity index (χ4v) is 5.19. The Morgan fingerprint density at radius 1 is 0.930 bits per heavy atom. The summed E-state index contributed by atoms with van der Waals surface area (Å²) in [6.07, 6.45) is 3.03. The van der Waals surface area contributed by atoms with E-state index < -0.39 is 11.6 Å². The van der Waals surface area contributed by atoms with Crippen molar-refractivity contribution in [3.05, 3.63) is 117 Å². The number of carbonyl (C=O) groups is 2. The lowest BCUT2D eigenvalue weighted by Gasteiger charge is -2.37. The van der Waals surface area contributed by atoms with Crippen molar-refractivity contribution in [1.29, 1.82) is 0 Å². The van der Waals surface area contributed by atoms with Crippen LogP contribution in [0.5, 0.6) is 11.6 Å². The third-order valence-corrected chi connectivity index (χ3v) is 8.03. The van der Waals surface area contributed by atoms with Gasteiger partial charge in [-0.15, -0.1) is 0 Å². The number of piperidine rings is 1. The van der Waals surface area contributed by atoms with Crippen LogP contribution in [0.1, 0.15) is 39.1 Å². The highest BCUT2D eigenvalue weighted by Gasteiger charge is 2.26. The summed E-state index contributed by atoms with van der Waals surface area (Å²) >= 11 is 11.9. The molecular formula is C32H28Cl2F2N4O3. The molecule has 43 heavy (non-hydrogen) atoms. The highest BCUT2D eigenvalue weighted by Crippen LogP contribution is 2.25. The van der Waals surface area contributed by atoms with Crippen molar-refractivity contribution in [2.24, 2.45) is 0 Å². The Kier molecular flexibility index (Phi) is 9.55. The maximum Gasteiger partial charge on any atom is 0.255 e. The summed E-state index contributed by atoms with van der Waals surface area (Å²) in [7, 11) is 1.96. The van der Waals surface area contributed by atoms with Gasteiger partial charge in [0.05, 0.1) is 21.9 Å². The second kappa shape index (κ2) is 13.5. The van der Waals surface area contributed by atoms with Gasteiger partial charge in [0.1, 0.15) is 5.75 Å². The number of amides is 2. The zero-order chi connectivity index (χ0) is 30.5. The molecule has 0 atom stereocenters. The average Bonchev–Trinajstić information content (AvgIpc) is 3.01. The van der Waals surface area contributed by atoms with Crippen LogP contribution in [-0.4, -0.2) is 52.8 Å². The van der Waals surface area contributed by atoms with E-state index in [1.165, 1.54) is 18.3 Å². The van der Waals surface area contributed by atoms with Crippen molar-refractivity contribution in [3.8, 4) is 11.6 Å². The molecule has 0 bridgehead atoms. The quantitative estimate of drug-likeness (QED) is 0.220. The number of hydrogen-bond donors (Lipinski definition) is 1. The normalized spacial score (nSPS) is 13.7. The van der Waals surface area contributed by atoms with Crippen molar-refractivity contribution in [3.63, 3.8) is 0 Å². The monoisotopic (exact) mass is 624 g/mol.